The van der Waals surface area contributed by atoms with E-state index in [0.717, 1.165) is 16.8 Å². The van der Waals surface area contributed by atoms with E-state index >= 15 is 0 Å². The van der Waals surface area contributed by atoms with E-state index in [-0.39, 0.29) is 18.4 Å². The Morgan fingerprint density at radius 2 is 1.85 bits per heavy atom. The average Bonchev–Trinajstić information content (AvgIpc) is 2.90. The number of carbonyl (C=O) groups excluding carboxylic acids is 2. The number of carbonyl (C=O) groups is 2. The van der Waals surface area contributed by atoms with Gasteiger partial charge in [-0.2, -0.15) is 0 Å². The number of thioether (sulfide) groups is 1. The van der Waals surface area contributed by atoms with Crippen LogP contribution < -0.4 is 10.9 Å². The summed E-state index contributed by atoms with van der Waals surface area (Å²) in [4.78, 5) is 26.5. The van der Waals surface area contributed by atoms with Crippen LogP contribution in [0.1, 0.15) is 11.1 Å². The molecule has 0 spiro atoms. The molecule has 2 amide bonds. The molecule has 2 N–H and O–H groups in total. The smallest absolute Gasteiger partial charge is 0.266 e. The van der Waals surface area contributed by atoms with Crippen LogP contribution in [-0.2, 0) is 9.59 Å². The van der Waals surface area contributed by atoms with Crippen LogP contribution in [-0.4, -0.2) is 27.6 Å². The number of thiocarbonyl (C=S) groups is 1. The van der Waals surface area contributed by atoms with Gasteiger partial charge >= 0.3 is 0 Å². The van der Waals surface area contributed by atoms with Gasteiger partial charge in [0.1, 0.15) is 10.9 Å². The fourth-order valence-corrected chi connectivity index (χ4v) is 3.55. The summed E-state index contributed by atoms with van der Waals surface area (Å²) in [5.74, 6) is -0.600. The second-order valence-corrected chi connectivity index (χ2v) is 7.39. The Morgan fingerprint density at radius 3 is 2.54 bits per heavy atom. The third-order valence-corrected chi connectivity index (χ3v) is 5.05. The summed E-state index contributed by atoms with van der Waals surface area (Å²) >= 11 is 6.46. The molecule has 0 aliphatic carbocycles. The number of aryl methyl sites for hydroxylation is 1. The Labute approximate surface area is 161 Å². The molecule has 1 fully saturated rings. The van der Waals surface area contributed by atoms with Gasteiger partial charge < -0.3 is 0 Å². The zero-order valence-corrected chi connectivity index (χ0v) is 15.7. The van der Waals surface area contributed by atoms with Crippen molar-refractivity contribution in [3.8, 4) is 0 Å². The number of anilines is 1. The Kier molecular flexibility index (Phi) is 5.70. The molecular formula is C19H17N3O2S2. The second kappa shape index (κ2) is 8.16. The van der Waals surface area contributed by atoms with Crippen LogP contribution in [0.3, 0.4) is 0 Å². The maximum atomic E-state index is 12.5. The van der Waals surface area contributed by atoms with Crippen molar-refractivity contribution >= 4 is 51.9 Å². The second-order valence-electron chi connectivity index (χ2n) is 5.72. The van der Waals surface area contributed by atoms with E-state index in [0.29, 0.717) is 9.23 Å². The lowest BCUT2D eigenvalue weighted by Gasteiger charge is -2.15. The molecule has 0 unspecified atom stereocenters. The Balaban J connectivity index is 1.61. The van der Waals surface area contributed by atoms with Crippen LogP contribution >= 0.6 is 24.0 Å². The molecule has 0 bridgehead atoms. The minimum atomic E-state index is -0.346. The van der Waals surface area contributed by atoms with E-state index in [2.05, 4.69) is 10.9 Å². The van der Waals surface area contributed by atoms with Crippen LogP contribution in [0.4, 0.5) is 5.69 Å². The van der Waals surface area contributed by atoms with Crippen molar-refractivity contribution in [3.63, 3.8) is 0 Å². The van der Waals surface area contributed by atoms with Crippen molar-refractivity contribution < 1.29 is 9.59 Å². The number of amides is 2. The molecule has 1 heterocycles. The number of hydrazine groups is 1. The van der Waals surface area contributed by atoms with Crippen LogP contribution in [0.25, 0.3) is 6.08 Å². The first-order valence-corrected chi connectivity index (χ1v) is 9.17. The zero-order valence-electron chi connectivity index (χ0n) is 14.1. The van der Waals surface area contributed by atoms with Crippen molar-refractivity contribution in [1.82, 2.24) is 10.3 Å². The lowest BCUT2D eigenvalue weighted by molar-refractivity contribution is -0.128. The third kappa shape index (κ3) is 4.50. The highest BCUT2D eigenvalue weighted by Gasteiger charge is 2.33. The summed E-state index contributed by atoms with van der Waals surface area (Å²) in [5.41, 5.74) is 8.20. The number of rotatable bonds is 5. The van der Waals surface area contributed by atoms with Crippen molar-refractivity contribution in [2.24, 2.45) is 0 Å². The van der Waals surface area contributed by atoms with Gasteiger partial charge in [0.2, 0.25) is 0 Å². The highest BCUT2D eigenvalue weighted by Crippen LogP contribution is 2.32. The molecule has 0 saturated carbocycles. The van der Waals surface area contributed by atoms with Crippen molar-refractivity contribution in [2.75, 3.05) is 12.0 Å². The van der Waals surface area contributed by atoms with Gasteiger partial charge in [-0.25, -0.2) is 0 Å². The molecule has 0 aromatic heterocycles. The number of para-hydroxylation sites is 1. The predicted molar refractivity (Wildman–Crippen MR) is 109 cm³/mol. The van der Waals surface area contributed by atoms with Crippen LogP contribution in [0, 0.1) is 6.92 Å². The number of nitrogens with one attached hydrogen (secondary N) is 2. The Hall–Kier alpha value is -2.64. The summed E-state index contributed by atoms with van der Waals surface area (Å²) in [6, 6.07) is 17.1. The molecule has 1 aliphatic heterocycles. The van der Waals surface area contributed by atoms with Gasteiger partial charge in [-0.3, -0.25) is 25.3 Å². The summed E-state index contributed by atoms with van der Waals surface area (Å²) in [6.45, 7) is 1.88. The lowest BCUT2D eigenvalue weighted by Crippen LogP contribution is -2.41. The summed E-state index contributed by atoms with van der Waals surface area (Å²) < 4.78 is 0.378. The largest absolute Gasteiger partial charge is 0.299 e. The quantitative estimate of drug-likeness (QED) is 0.471. The van der Waals surface area contributed by atoms with Gasteiger partial charge in [0, 0.05) is 0 Å². The summed E-state index contributed by atoms with van der Waals surface area (Å²) in [6.07, 6.45) is 1.79. The highest BCUT2D eigenvalue weighted by molar-refractivity contribution is 8.26. The Bertz CT molecular complexity index is 864. The van der Waals surface area contributed by atoms with Gasteiger partial charge in [0.05, 0.1) is 10.6 Å². The number of nitrogens with zero attached hydrogens (tertiary/aromatic N) is 1. The first kappa shape index (κ1) is 18.2. The molecule has 3 rings (SSSR count). The first-order chi connectivity index (χ1) is 12.5. The molecule has 0 radical (unpaired) electrons. The molecule has 1 aliphatic rings. The molecule has 2 aromatic carbocycles. The topological polar surface area (TPSA) is 61.4 Å². The fourth-order valence-electron chi connectivity index (χ4n) is 2.30. The third-order valence-electron chi connectivity index (χ3n) is 3.67. The maximum Gasteiger partial charge on any atom is 0.266 e. The standard InChI is InChI=1S/C19H17N3O2S2/c1-13-7-9-14(10-8-13)11-16-18(24)22(19(25)26-16)12-17(23)21-20-15-5-3-2-4-6-15/h2-11,20H,12H2,1H3,(H,21,23)/b16-11+. The number of hydrogen-bond donors (Lipinski definition) is 2. The Morgan fingerprint density at radius 1 is 1.15 bits per heavy atom. The van der Waals surface area contributed by atoms with E-state index < -0.39 is 0 Å². The van der Waals surface area contributed by atoms with Crippen molar-refractivity contribution in [3.05, 3.63) is 70.6 Å². The highest BCUT2D eigenvalue weighted by atomic mass is 32.2. The molecule has 5 nitrogen and oxygen atoms in total. The van der Waals surface area contributed by atoms with E-state index in [1.54, 1.807) is 6.08 Å². The zero-order chi connectivity index (χ0) is 18.5. The molecule has 7 heteroatoms. The number of hydrogen-bond acceptors (Lipinski definition) is 5. The van der Waals surface area contributed by atoms with Gasteiger partial charge in [0.15, 0.2) is 0 Å². The molecule has 2 aromatic rings. The van der Waals surface area contributed by atoms with Gasteiger partial charge in [0.25, 0.3) is 11.8 Å². The SMILES string of the molecule is Cc1ccc(/C=C2/SC(=S)N(CC(=O)NNc3ccccc3)C2=O)cc1. The van der Waals surface area contributed by atoms with E-state index in [9.17, 15) is 9.59 Å². The molecule has 26 heavy (non-hydrogen) atoms. The van der Waals surface area contributed by atoms with E-state index in [1.165, 1.54) is 16.7 Å². The minimum absolute atomic E-state index is 0.129. The van der Waals surface area contributed by atoms with Gasteiger partial charge in [-0.1, -0.05) is 72.0 Å². The van der Waals surface area contributed by atoms with Gasteiger partial charge in [-0.15, -0.1) is 0 Å². The van der Waals surface area contributed by atoms with Crippen molar-refractivity contribution in [1.29, 1.82) is 0 Å². The van der Waals surface area contributed by atoms with Crippen LogP contribution in [0.2, 0.25) is 0 Å². The predicted octanol–water partition coefficient (Wildman–Crippen LogP) is 3.34. The first-order valence-electron chi connectivity index (χ1n) is 7.95. The fraction of sp³-hybridized carbons (Fsp3) is 0.105. The average molecular weight is 383 g/mol. The van der Waals surface area contributed by atoms with E-state index in [1.807, 2.05) is 61.5 Å². The minimum Gasteiger partial charge on any atom is -0.299 e. The normalized spacial score (nSPS) is 15.4. The summed E-state index contributed by atoms with van der Waals surface area (Å²) in [5, 5.41) is 0. The van der Waals surface area contributed by atoms with Crippen molar-refractivity contribution in [2.45, 2.75) is 6.92 Å². The molecule has 0 atom stereocenters. The molecular weight excluding hydrogens is 366 g/mol. The lowest BCUT2D eigenvalue weighted by atomic mass is 10.1. The van der Waals surface area contributed by atoms with Crippen LogP contribution in [0.15, 0.2) is 59.5 Å². The van der Waals surface area contributed by atoms with Crippen LogP contribution in [0.5, 0.6) is 0 Å². The number of benzene rings is 2. The van der Waals surface area contributed by atoms with E-state index in [4.69, 9.17) is 12.2 Å². The van der Waals surface area contributed by atoms with Gasteiger partial charge in [-0.05, 0) is 30.7 Å². The molecule has 1 saturated heterocycles. The maximum absolute atomic E-state index is 12.5. The summed E-state index contributed by atoms with van der Waals surface area (Å²) in [7, 11) is 0. The monoisotopic (exact) mass is 383 g/mol. The molecule has 132 valence electrons.